The van der Waals surface area contributed by atoms with Gasteiger partial charge in [-0.3, -0.25) is 0 Å². The van der Waals surface area contributed by atoms with E-state index in [0.717, 1.165) is 40.6 Å². The first-order valence-corrected chi connectivity index (χ1v) is 8.03. The number of nitrogens with zero attached hydrogens (tertiary/aromatic N) is 1. The molecule has 0 N–H and O–H groups in total. The molecular weight excluding hydrogens is 318 g/mol. The number of rotatable bonds is 7. The molecule has 3 rings (SSSR count). The Kier molecular flexibility index (Phi) is 5.23. The van der Waals surface area contributed by atoms with Crippen LogP contribution in [-0.2, 0) is 12.8 Å². The third kappa shape index (κ3) is 3.94. The fraction of sp³-hybridized carbons (Fsp3) is 0.250. The molecule has 0 spiro atoms. The Balaban J connectivity index is 1.67. The summed E-state index contributed by atoms with van der Waals surface area (Å²) in [7, 11) is 4.91. The van der Waals surface area contributed by atoms with Crippen molar-refractivity contribution < 1.29 is 18.6 Å². The van der Waals surface area contributed by atoms with Gasteiger partial charge in [-0.15, -0.1) is 0 Å². The number of aryl methyl sites for hydroxylation is 2. The predicted molar refractivity (Wildman–Crippen MR) is 95.4 cm³/mol. The summed E-state index contributed by atoms with van der Waals surface area (Å²) in [6.07, 6.45) is 3.28. The van der Waals surface area contributed by atoms with Gasteiger partial charge in [-0.05, 0) is 48.4 Å². The lowest BCUT2D eigenvalue weighted by Gasteiger charge is -2.09. The highest BCUT2D eigenvalue weighted by Crippen LogP contribution is 2.28. The van der Waals surface area contributed by atoms with Gasteiger partial charge >= 0.3 is 0 Å². The summed E-state index contributed by atoms with van der Waals surface area (Å²) < 4.78 is 21.6. The Morgan fingerprint density at radius 2 is 1.60 bits per heavy atom. The normalized spacial score (nSPS) is 10.5. The van der Waals surface area contributed by atoms with Crippen LogP contribution in [0, 0.1) is 0 Å². The summed E-state index contributed by atoms with van der Waals surface area (Å²) in [5.41, 5.74) is 2.12. The topological polar surface area (TPSA) is 53.7 Å². The van der Waals surface area contributed by atoms with Gasteiger partial charge in [-0.1, -0.05) is 6.07 Å². The van der Waals surface area contributed by atoms with E-state index in [-0.39, 0.29) is 0 Å². The molecule has 0 unspecified atom stereocenters. The Morgan fingerprint density at radius 3 is 2.28 bits per heavy atom. The van der Waals surface area contributed by atoms with Crippen molar-refractivity contribution in [3.05, 3.63) is 60.1 Å². The molecule has 0 bridgehead atoms. The molecule has 3 aromatic rings. The molecular formula is C20H21NO4. The standard InChI is InChI=1S/C20H21NO4/c1-22-16-8-6-15(7-9-16)19-13-21-20(25-19)11-5-14-4-10-17(23-2)18(12-14)24-3/h4,6-10,12-13H,5,11H2,1-3H3. The quantitative estimate of drug-likeness (QED) is 0.647. The van der Waals surface area contributed by atoms with Crippen molar-refractivity contribution in [3.63, 3.8) is 0 Å². The molecule has 0 radical (unpaired) electrons. The molecule has 0 saturated heterocycles. The van der Waals surface area contributed by atoms with E-state index in [1.165, 1.54) is 0 Å². The largest absolute Gasteiger partial charge is 0.497 e. The van der Waals surface area contributed by atoms with E-state index in [9.17, 15) is 0 Å². The summed E-state index contributed by atoms with van der Waals surface area (Å²) in [5.74, 6) is 3.73. The zero-order valence-corrected chi connectivity index (χ0v) is 14.6. The van der Waals surface area contributed by atoms with Crippen LogP contribution in [0.2, 0.25) is 0 Å². The molecule has 1 aromatic heterocycles. The first-order valence-electron chi connectivity index (χ1n) is 8.03. The van der Waals surface area contributed by atoms with Crippen molar-refractivity contribution in [1.29, 1.82) is 0 Å². The predicted octanol–water partition coefficient (Wildman–Crippen LogP) is 4.15. The van der Waals surface area contributed by atoms with Crippen LogP contribution in [-0.4, -0.2) is 26.3 Å². The number of ether oxygens (including phenoxy) is 3. The highest BCUT2D eigenvalue weighted by Gasteiger charge is 2.09. The SMILES string of the molecule is COc1ccc(-c2cnc(CCc3ccc(OC)c(OC)c3)o2)cc1. The van der Waals surface area contributed by atoms with E-state index in [0.29, 0.717) is 12.3 Å². The van der Waals surface area contributed by atoms with Crippen LogP contribution in [0.15, 0.2) is 53.1 Å². The molecule has 5 heteroatoms. The van der Waals surface area contributed by atoms with Crippen LogP contribution >= 0.6 is 0 Å². The van der Waals surface area contributed by atoms with E-state index < -0.39 is 0 Å². The molecule has 0 aliphatic rings. The highest BCUT2D eigenvalue weighted by atomic mass is 16.5. The maximum atomic E-state index is 5.86. The lowest BCUT2D eigenvalue weighted by Crippen LogP contribution is -1.95. The number of benzene rings is 2. The molecule has 2 aromatic carbocycles. The molecule has 0 aliphatic heterocycles. The minimum atomic E-state index is 0.709. The second-order valence-corrected chi connectivity index (χ2v) is 5.54. The maximum Gasteiger partial charge on any atom is 0.195 e. The molecule has 0 atom stereocenters. The van der Waals surface area contributed by atoms with E-state index in [1.54, 1.807) is 27.5 Å². The maximum absolute atomic E-state index is 5.86. The summed E-state index contributed by atoms with van der Waals surface area (Å²) in [4.78, 5) is 4.37. The fourth-order valence-corrected chi connectivity index (χ4v) is 2.60. The molecule has 0 aliphatic carbocycles. The Morgan fingerprint density at radius 1 is 0.840 bits per heavy atom. The number of methoxy groups -OCH3 is 3. The van der Waals surface area contributed by atoms with Crippen LogP contribution in [0.1, 0.15) is 11.5 Å². The number of aromatic nitrogens is 1. The van der Waals surface area contributed by atoms with Gasteiger partial charge in [0.1, 0.15) is 5.75 Å². The number of hydrogen-bond donors (Lipinski definition) is 0. The Labute approximate surface area is 147 Å². The summed E-state index contributed by atoms with van der Waals surface area (Å²) >= 11 is 0. The second-order valence-electron chi connectivity index (χ2n) is 5.54. The first-order chi connectivity index (χ1) is 12.2. The fourth-order valence-electron chi connectivity index (χ4n) is 2.60. The van der Waals surface area contributed by atoms with E-state index in [1.807, 2.05) is 42.5 Å². The minimum absolute atomic E-state index is 0.709. The summed E-state index contributed by atoms with van der Waals surface area (Å²) in [6.45, 7) is 0. The van der Waals surface area contributed by atoms with E-state index >= 15 is 0 Å². The van der Waals surface area contributed by atoms with Crippen molar-refractivity contribution in [2.24, 2.45) is 0 Å². The molecule has 0 amide bonds. The lowest BCUT2D eigenvalue weighted by molar-refractivity contribution is 0.354. The summed E-state index contributed by atoms with van der Waals surface area (Å²) in [6, 6.07) is 13.6. The van der Waals surface area contributed by atoms with Gasteiger partial charge in [0.2, 0.25) is 0 Å². The third-order valence-electron chi connectivity index (χ3n) is 4.00. The first kappa shape index (κ1) is 16.9. The Hall–Kier alpha value is -2.95. The van der Waals surface area contributed by atoms with Gasteiger partial charge in [0.25, 0.3) is 0 Å². The third-order valence-corrected chi connectivity index (χ3v) is 4.00. The van der Waals surface area contributed by atoms with Crippen LogP contribution in [0.5, 0.6) is 17.2 Å². The van der Waals surface area contributed by atoms with E-state index in [4.69, 9.17) is 18.6 Å². The monoisotopic (exact) mass is 339 g/mol. The van der Waals surface area contributed by atoms with Gasteiger partial charge in [0, 0.05) is 12.0 Å². The van der Waals surface area contributed by atoms with Crippen LogP contribution in [0.4, 0.5) is 0 Å². The van der Waals surface area contributed by atoms with Crippen molar-refractivity contribution >= 4 is 0 Å². The van der Waals surface area contributed by atoms with Crippen LogP contribution in [0.25, 0.3) is 11.3 Å². The van der Waals surface area contributed by atoms with Gasteiger partial charge in [0.05, 0.1) is 27.5 Å². The van der Waals surface area contributed by atoms with E-state index in [2.05, 4.69) is 4.98 Å². The lowest BCUT2D eigenvalue weighted by atomic mass is 10.1. The van der Waals surface area contributed by atoms with Gasteiger partial charge in [0.15, 0.2) is 23.1 Å². The average Bonchev–Trinajstić information content (AvgIpc) is 3.15. The minimum Gasteiger partial charge on any atom is -0.497 e. The van der Waals surface area contributed by atoms with Crippen LogP contribution < -0.4 is 14.2 Å². The molecule has 130 valence electrons. The Bertz CT molecular complexity index is 824. The van der Waals surface area contributed by atoms with Crippen LogP contribution in [0.3, 0.4) is 0 Å². The summed E-state index contributed by atoms with van der Waals surface area (Å²) in [5, 5.41) is 0. The molecule has 0 saturated carbocycles. The molecule has 0 fully saturated rings. The molecule has 25 heavy (non-hydrogen) atoms. The van der Waals surface area contributed by atoms with Crippen molar-refractivity contribution in [1.82, 2.24) is 4.98 Å². The highest BCUT2D eigenvalue weighted by molar-refractivity contribution is 5.57. The van der Waals surface area contributed by atoms with Crippen molar-refractivity contribution in [2.75, 3.05) is 21.3 Å². The van der Waals surface area contributed by atoms with Gasteiger partial charge in [-0.25, -0.2) is 4.98 Å². The zero-order valence-electron chi connectivity index (χ0n) is 14.6. The number of hydrogen-bond acceptors (Lipinski definition) is 5. The van der Waals surface area contributed by atoms with Gasteiger partial charge in [-0.2, -0.15) is 0 Å². The molecule has 5 nitrogen and oxygen atoms in total. The van der Waals surface area contributed by atoms with Crippen molar-refractivity contribution in [3.8, 4) is 28.6 Å². The molecule has 1 heterocycles. The van der Waals surface area contributed by atoms with Crippen molar-refractivity contribution in [2.45, 2.75) is 12.8 Å². The second kappa shape index (κ2) is 7.75. The smallest absolute Gasteiger partial charge is 0.195 e. The number of oxazole rings is 1. The zero-order chi connectivity index (χ0) is 17.6. The van der Waals surface area contributed by atoms with Gasteiger partial charge < -0.3 is 18.6 Å². The average molecular weight is 339 g/mol.